The molecule has 1 aliphatic heterocycles. The maximum absolute atomic E-state index is 13.8. The Morgan fingerprint density at radius 2 is 1.61 bits per heavy atom. The lowest BCUT2D eigenvalue weighted by Crippen LogP contribution is -2.46. The average Bonchev–Trinajstić information content (AvgIpc) is 2.78. The van der Waals surface area contributed by atoms with Gasteiger partial charge in [-0.2, -0.15) is 0 Å². The quantitative estimate of drug-likeness (QED) is 0.526. The van der Waals surface area contributed by atoms with Crippen molar-refractivity contribution in [3.8, 4) is 0 Å². The van der Waals surface area contributed by atoms with E-state index in [0.29, 0.717) is 5.56 Å². The molecule has 0 aliphatic carbocycles. The second-order valence-electron chi connectivity index (χ2n) is 8.22. The molecular weight excluding hydrogens is 386 g/mol. The van der Waals surface area contributed by atoms with E-state index in [4.69, 9.17) is 4.74 Å². The van der Waals surface area contributed by atoms with Crippen molar-refractivity contribution in [3.63, 3.8) is 0 Å². The molecule has 0 unspecified atom stereocenters. The fourth-order valence-electron chi connectivity index (χ4n) is 4.50. The number of carbonyl (C=O) groups excluding carboxylic acids is 2. The van der Waals surface area contributed by atoms with Gasteiger partial charge in [0.2, 0.25) is 6.10 Å². The molecule has 1 aliphatic rings. The van der Waals surface area contributed by atoms with Crippen LogP contribution in [-0.2, 0) is 14.3 Å². The maximum atomic E-state index is 13.8. The van der Waals surface area contributed by atoms with Crippen LogP contribution in [-0.4, -0.2) is 17.9 Å². The lowest BCUT2D eigenvalue weighted by atomic mass is 9.80. The van der Waals surface area contributed by atoms with Crippen LogP contribution in [0.2, 0.25) is 0 Å². The Balaban J connectivity index is 1.78. The normalized spacial score (nSPS) is 18.7. The van der Waals surface area contributed by atoms with Crippen molar-refractivity contribution in [3.05, 3.63) is 101 Å². The molecule has 1 amide bonds. The number of nitrogens with zero attached hydrogens (tertiary/aromatic N) is 1. The zero-order valence-corrected chi connectivity index (χ0v) is 18.1. The molecule has 0 radical (unpaired) electrons. The summed E-state index contributed by atoms with van der Waals surface area (Å²) >= 11 is 0. The summed E-state index contributed by atoms with van der Waals surface area (Å²) in [4.78, 5) is 27.4. The van der Waals surface area contributed by atoms with Gasteiger partial charge in [0.1, 0.15) is 0 Å². The molecule has 0 N–H and O–H groups in total. The molecule has 0 saturated heterocycles. The van der Waals surface area contributed by atoms with Crippen molar-refractivity contribution in [1.29, 1.82) is 0 Å². The number of benzene rings is 3. The third-order valence-corrected chi connectivity index (χ3v) is 5.89. The lowest BCUT2D eigenvalue weighted by Gasteiger charge is -2.41. The van der Waals surface area contributed by atoms with E-state index in [9.17, 15) is 9.59 Å². The Hall–Kier alpha value is -3.40. The summed E-state index contributed by atoms with van der Waals surface area (Å²) in [5, 5.41) is 0. The van der Waals surface area contributed by atoms with Crippen LogP contribution in [0.25, 0.3) is 0 Å². The van der Waals surface area contributed by atoms with Gasteiger partial charge in [0.25, 0.3) is 5.91 Å². The Morgan fingerprint density at radius 1 is 0.968 bits per heavy atom. The van der Waals surface area contributed by atoms with Crippen LogP contribution in [0.1, 0.15) is 54.5 Å². The Labute approximate surface area is 183 Å². The van der Waals surface area contributed by atoms with Gasteiger partial charge in [0.05, 0.1) is 0 Å². The topological polar surface area (TPSA) is 46.6 Å². The van der Waals surface area contributed by atoms with E-state index in [1.165, 1.54) is 12.5 Å². The van der Waals surface area contributed by atoms with Gasteiger partial charge < -0.3 is 9.64 Å². The van der Waals surface area contributed by atoms with Gasteiger partial charge in [-0.05, 0) is 37.5 Å². The van der Waals surface area contributed by atoms with Crippen LogP contribution >= 0.6 is 0 Å². The third-order valence-electron chi connectivity index (χ3n) is 5.89. The number of aryl methyl sites for hydroxylation is 1. The minimum atomic E-state index is -0.969. The number of rotatable bonds is 4. The van der Waals surface area contributed by atoms with Crippen molar-refractivity contribution in [2.45, 2.75) is 45.3 Å². The van der Waals surface area contributed by atoms with Crippen LogP contribution in [0, 0.1) is 6.92 Å². The van der Waals surface area contributed by atoms with Gasteiger partial charge in [-0.15, -0.1) is 0 Å². The van der Waals surface area contributed by atoms with Crippen LogP contribution in [0.5, 0.6) is 0 Å². The molecule has 158 valence electrons. The molecule has 0 spiro atoms. The molecule has 0 saturated carbocycles. The minimum Gasteiger partial charge on any atom is -0.447 e. The molecule has 3 atom stereocenters. The summed E-state index contributed by atoms with van der Waals surface area (Å²) in [7, 11) is 0. The SMILES string of the molecule is CC(=O)O[C@H](C(=O)N1c2ccc(C)cc2[C@@H](c2ccccc2)C[C@H]1C)c1ccccc1. The predicted molar refractivity (Wildman–Crippen MR) is 122 cm³/mol. The van der Waals surface area contributed by atoms with Crippen molar-refractivity contribution in [2.24, 2.45) is 0 Å². The van der Waals surface area contributed by atoms with E-state index in [2.05, 4.69) is 44.2 Å². The fraction of sp³-hybridized carbons (Fsp3) is 0.259. The number of ether oxygens (including phenoxy) is 1. The number of anilines is 1. The van der Waals surface area contributed by atoms with Crippen LogP contribution in [0.4, 0.5) is 5.69 Å². The van der Waals surface area contributed by atoms with Gasteiger partial charge in [-0.25, -0.2) is 0 Å². The molecule has 4 heteroatoms. The smallest absolute Gasteiger partial charge is 0.303 e. The Kier molecular flexibility index (Phi) is 5.90. The standard InChI is InChI=1S/C27H27NO3/c1-18-14-15-25-24(16-18)23(21-10-6-4-7-11-21)17-19(2)28(25)27(30)26(31-20(3)29)22-12-8-5-9-13-22/h4-16,19,23,26H,17H2,1-3H3/t19-,23-,26+/m1/s1. The summed E-state index contributed by atoms with van der Waals surface area (Å²) in [5.41, 5.74) is 5.09. The van der Waals surface area contributed by atoms with Gasteiger partial charge in [0, 0.05) is 30.1 Å². The molecular formula is C27H27NO3. The summed E-state index contributed by atoms with van der Waals surface area (Å²) in [6.45, 7) is 5.47. The van der Waals surface area contributed by atoms with Gasteiger partial charge >= 0.3 is 5.97 Å². The minimum absolute atomic E-state index is 0.0466. The van der Waals surface area contributed by atoms with Gasteiger partial charge in [0.15, 0.2) is 0 Å². The van der Waals surface area contributed by atoms with Crippen LogP contribution < -0.4 is 4.90 Å². The van der Waals surface area contributed by atoms with Crippen molar-refractivity contribution in [1.82, 2.24) is 0 Å². The zero-order valence-electron chi connectivity index (χ0n) is 18.1. The van der Waals surface area contributed by atoms with Crippen molar-refractivity contribution in [2.75, 3.05) is 4.90 Å². The average molecular weight is 414 g/mol. The number of carbonyl (C=O) groups is 2. The first-order valence-electron chi connectivity index (χ1n) is 10.7. The summed E-state index contributed by atoms with van der Waals surface area (Å²) < 4.78 is 5.52. The van der Waals surface area contributed by atoms with E-state index in [-0.39, 0.29) is 17.9 Å². The molecule has 0 fully saturated rings. The first-order chi connectivity index (χ1) is 15.0. The molecule has 3 aromatic rings. The second-order valence-corrected chi connectivity index (χ2v) is 8.22. The lowest BCUT2D eigenvalue weighted by molar-refractivity contribution is -0.153. The van der Waals surface area contributed by atoms with Gasteiger partial charge in [-0.1, -0.05) is 78.4 Å². The molecule has 4 nitrogen and oxygen atoms in total. The monoisotopic (exact) mass is 413 g/mol. The fourth-order valence-corrected chi connectivity index (χ4v) is 4.50. The van der Waals surface area contributed by atoms with E-state index < -0.39 is 12.1 Å². The number of fused-ring (bicyclic) bond motifs is 1. The van der Waals surface area contributed by atoms with E-state index in [1.807, 2.05) is 53.4 Å². The predicted octanol–water partition coefficient (Wildman–Crippen LogP) is 5.56. The highest BCUT2D eigenvalue weighted by atomic mass is 16.5. The number of hydrogen-bond acceptors (Lipinski definition) is 3. The first kappa shape index (κ1) is 20.9. The third kappa shape index (κ3) is 4.24. The molecule has 31 heavy (non-hydrogen) atoms. The second kappa shape index (κ2) is 8.76. The molecule has 4 rings (SSSR count). The largest absolute Gasteiger partial charge is 0.447 e. The highest BCUT2D eigenvalue weighted by Gasteiger charge is 2.38. The van der Waals surface area contributed by atoms with Crippen LogP contribution in [0.15, 0.2) is 78.9 Å². The first-order valence-corrected chi connectivity index (χ1v) is 10.7. The zero-order chi connectivity index (χ0) is 22.0. The number of hydrogen-bond donors (Lipinski definition) is 0. The summed E-state index contributed by atoms with van der Waals surface area (Å²) in [5.74, 6) is -0.484. The van der Waals surface area contributed by atoms with Crippen LogP contribution in [0.3, 0.4) is 0 Å². The van der Waals surface area contributed by atoms with E-state index in [0.717, 1.165) is 23.2 Å². The number of esters is 1. The Bertz CT molecular complexity index is 1080. The van der Waals surface area contributed by atoms with Crippen molar-refractivity contribution >= 4 is 17.6 Å². The van der Waals surface area contributed by atoms with E-state index in [1.54, 1.807) is 0 Å². The summed E-state index contributed by atoms with van der Waals surface area (Å²) in [6, 6.07) is 25.8. The number of amides is 1. The Morgan fingerprint density at radius 3 is 2.26 bits per heavy atom. The van der Waals surface area contributed by atoms with E-state index >= 15 is 0 Å². The van der Waals surface area contributed by atoms with Crippen molar-refractivity contribution < 1.29 is 14.3 Å². The molecule has 1 heterocycles. The molecule has 0 aromatic heterocycles. The maximum Gasteiger partial charge on any atom is 0.303 e. The van der Waals surface area contributed by atoms with Gasteiger partial charge in [-0.3, -0.25) is 9.59 Å². The molecule has 0 bridgehead atoms. The molecule has 3 aromatic carbocycles. The highest BCUT2D eigenvalue weighted by molar-refractivity contribution is 6.00. The summed E-state index contributed by atoms with van der Waals surface area (Å²) in [6.07, 6.45) is -0.170. The highest BCUT2D eigenvalue weighted by Crippen LogP contribution is 2.43.